The van der Waals surface area contributed by atoms with Crippen LogP contribution in [0, 0.1) is 5.92 Å². The van der Waals surface area contributed by atoms with Crippen LogP contribution < -0.4 is 4.72 Å². The van der Waals surface area contributed by atoms with Crippen LogP contribution in [0.3, 0.4) is 0 Å². The van der Waals surface area contributed by atoms with Gasteiger partial charge < -0.3 is 5.11 Å². The van der Waals surface area contributed by atoms with E-state index in [9.17, 15) is 13.2 Å². The molecule has 1 saturated heterocycles. The van der Waals surface area contributed by atoms with Crippen LogP contribution in [0.1, 0.15) is 16.8 Å². The summed E-state index contributed by atoms with van der Waals surface area (Å²) in [6, 6.07) is 3.67. The number of hydrogen-bond acceptors (Lipinski definition) is 4. The summed E-state index contributed by atoms with van der Waals surface area (Å²) in [4.78, 5) is 10.9. The fraction of sp³-hybridized carbons (Fsp3) is 0.417. The molecule has 1 atom stereocenters. The zero-order valence-electron chi connectivity index (χ0n) is 10.5. The molecule has 1 aromatic rings. The summed E-state index contributed by atoms with van der Waals surface area (Å²) in [5.74, 6) is 1.08. The zero-order chi connectivity index (χ0) is 14.8. The second kappa shape index (κ2) is 6.34. The van der Waals surface area contributed by atoms with Crippen molar-refractivity contribution in [3.63, 3.8) is 0 Å². The average molecular weight is 336 g/mol. The zero-order valence-corrected chi connectivity index (χ0v) is 12.9. The summed E-state index contributed by atoms with van der Waals surface area (Å²) in [7, 11) is -3.70. The molecular formula is C12H14ClNO4S2. The van der Waals surface area contributed by atoms with E-state index < -0.39 is 16.0 Å². The predicted molar refractivity (Wildman–Crippen MR) is 79.0 cm³/mol. The molecule has 0 saturated carbocycles. The van der Waals surface area contributed by atoms with Gasteiger partial charge in [-0.25, -0.2) is 17.9 Å². The number of aromatic carboxylic acids is 1. The standard InChI is InChI=1S/C12H14ClNO4S2/c13-11-2-1-9(5-10(11)12(15)16)20(17,18)14-6-8-3-4-19-7-8/h1-2,5,8,14H,3-4,6-7H2,(H,15,16). The normalized spacial score (nSPS) is 19.1. The fourth-order valence-electron chi connectivity index (χ4n) is 1.89. The number of rotatable bonds is 5. The maximum atomic E-state index is 12.1. The van der Waals surface area contributed by atoms with Gasteiger partial charge in [0.25, 0.3) is 0 Å². The molecule has 1 aliphatic rings. The monoisotopic (exact) mass is 335 g/mol. The Hall–Kier alpha value is -0.760. The quantitative estimate of drug-likeness (QED) is 0.860. The van der Waals surface area contributed by atoms with Crippen LogP contribution in [0.2, 0.25) is 5.02 Å². The first-order valence-electron chi connectivity index (χ1n) is 6.00. The third kappa shape index (κ3) is 3.66. The second-order valence-corrected chi connectivity index (χ2v) is 7.85. The van der Waals surface area contributed by atoms with Gasteiger partial charge in [0.1, 0.15) is 0 Å². The summed E-state index contributed by atoms with van der Waals surface area (Å²) < 4.78 is 26.8. The molecule has 0 aromatic heterocycles. The van der Waals surface area contributed by atoms with E-state index >= 15 is 0 Å². The largest absolute Gasteiger partial charge is 0.478 e. The van der Waals surface area contributed by atoms with E-state index in [-0.39, 0.29) is 15.5 Å². The molecule has 2 rings (SSSR count). The van der Waals surface area contributed by atoms with Gasteiger partial charge in [-0.3, -0.25) is 0 Å². The van der Waals surface area contributed by atoms with Crippen molar-refractivity contribution >= 4 is 39.4 Å². The number of benzene rings is 1. The lowest BCUT2D eigenvalue weighted by atomic mass is 10.1. The number of hydrogen-bond donors (Lipinski definition) is 2. The van der Waals surface area contributed by atoms with Crippen LogP contribution in [-0.2, 0) is 10.0 Å². The van der Waals surface area contributed by atoms with E-state index in [1.54, 1.807) is 11.8 Å². The highest BCUT2D eigenvalue weighted by Crippen LogP contribution is 2.24. The van der Waals surface area contributed by atoms with Crippen LogP contribution in [0.5, 0.6) is 0 Å². The molecule has 20 heavy (non-hydrogen) atoms. The lowest BCUT2D eigenvalue weighted by Gasteiger charge is -2.11. The van der Waals surface area contributed by atoms with Crippen molar-refractivity contribution in [2.45, 2.75) is 11.3 Å². The summed E-state index contributed by atoms with van der Waals surface area (Å²) in [5.41, 5.74) is -0.217. The molecule has 8 heteroatoms. The molecule has 5 nitrogen and oxygen atoms in total. The third-order valence-corrected chi connectivity index (χ3v) is 6.05. The van der Waals surface area contributed by atoms with Crippen molar-refractivity contribution in [2.24, 2.45) is 5.92 Å². The van der Waals surface area contributed by atoms with Gasteiger partial charge in [0.2, 0.25) is 10.0 Å². The molecular weight excluding hydrogens is 322 g/mol. The van der Waals surface area contributed by atoms with Gasteiger partial charge in [-0.1, -0.05) is 11.6 Å². The van der Waals surface area contributed by atoms with Crippen LogP contribution in [0.15, 0.2) is 23.1 Å². The fourth-order valence-corrected chi connectivity index (χ4v) is 4.52. The first kappa shape index (κ1) is 15.6. The maximum Gasteiger partial charge on any atom is 0.337 e. The van der Waals surface area contributed by atoms with Crippen molar-refractivity contribution in [1.82, 2.24) is 4.72 Å². The first-order valence-corrected chi connectivity index (χ1v) is 9.02. The molecule has 1 fully saturated rings. The number of carbonyl (C=O) groups is 1. The van der Waals surface area contributed by atoms with Crippen molar-refractivity contribution in [1.29, 1.82) is 0 Å². The molecule has 1 unspecified atom stereocenters. The van der Waals surface area contributed by atoms with E-state index in [0.29, 0.717) is 12.5 Å². The number of nitrogens with one attached hydrogen (secondary N) is 1. The van der Waals surface area contributed by atoms with E-state index in [1.165, 1.54) is 12.1 Å². The van der Waals surface area contributed by atoms with Gasteiger partial charge in [-0.05, 0) is 42.0 Å². The van der Waals surface area contributed by atoms with Crippen molar-refractivity contribution in [2.75, 3.05) is 18.1 Å². The van der Waals surface area contributed by atoms with Crippen molar-refractivity contribution in [3.05, 3.63) is 28.8 Å². The molecule has 1 heterocycles. The Bertz CT molecular complexity index is 612. The lowest BCUT2D eigenvalue weighted by Crippen LogP contribution is -2.29. The molecule has 0 bridgehead atoms. The molecule has 0 radical (unpaired) electrons. The highest BCUT2D eigenvalue weighted by Gasteiger charge is 2.21. The predicted octanol–water partition coefficient (Wildman–Crippen LogP) is 2.07. The van der Waals surface area contributed by atoms with Crippen LogP contribution in [0.25, 0.3) is 0 Å². The topological polar surface area (TPSA) is 83.5 Å². The van der Waals surface area contributed by atoms with Crippen molar-refractivity contribution < 1.29 is 18.3 Å². The molecule has 1 aromatic carbocycles. The minimum absolute atomic E-state index is 0.0173. The molecule has 0 spiro atoms. The second-order valence-electron chi connectivity index (χ2n) is 4.53. The Morgan fingerprint density at radius 3 is 2.85 bits per heavy atom. The Morgan fingerprint density at radius 1 is 1.50 bits per heavy atom. The van der Waals surface area contributed by atoms with Gasteiger partial charge in [-0.15, -0.1) is 0 Å². The number of carboxylic acid groups (broad SMARTS) is 1. The Morgan fingerprint density at radius 2 is 2.25 bits per heavy atom. The molecule has 1 aliphatic heterocycles. The first-order chi connectivity index (χ1) is 9.40. The number of halogens is 1. The summed E-state index contributed by atoms with van der Waals surface area (Å²) in [6.45, 7) is 0.375. The molecule has 110 valence electrons. The van der Waals surface area contributed by atoms with Gasteiger partial charge in [0.05, 0.1) is 15.5 Å². The Kier molecular flexibility index (Phi) is 4.95. The average Bonchev–Trinajstić information content (AvgIpc) is 2.89. The number of carboxylic acids is 1. The van der Waals surface area contributed by atoms with E-state index in [2.05, 4.69) is 4.72 Å². The lowest BCUT2D eigenvalue weighted by molar-refractivity contribution is 0.0697. The van der Waals surface area contributed by atoms with Crippen molar-refractivity contribution in [3.8, 4) is 0 Å². The van der Waals surface area contributed by atoms with E-state index in [4.69, 9.17) is 16.7 Å². The highest BCUT2D eigenvalue weighted by atomic mass is 35.5. The summed E-state index contributed by atoms with van der Waals surface area (Å²) in [5, 5.41) is 8.97. The minimum Gasteiger partial charge on any atom is -0.478 e. The van der Waals surface area contributed by atoms with Crippen LogP contribution >= 0.6 is 23.4 Å². The van der Waals surface area contributed by atoms with E-state index in [1.807, 2.05) is 0 Å². The SMILES string of the molecule is O=C(O)c1cc(S(=O)(=O)NCC2CCSC2)ccc1Cl. The molecule has 0 aliphatic carbocycles. The maximum absolute atomic E-state index is 12.1. The van der Waals surface area contributed by atoms with Gasteiger partial charge in [0, 0.05) is 6.54 Å². The Balaban J connectivity index is 2.16. The van der Waals surface area contributed by atoms with E-state index in [0.717, 1.165) is 24.0 Å². The number of sulfonamides is 1. The van der Waals surface area contributed by atoms with Crippen LogP contribution in [0.4, 0.5) is 0 Å². The van der Waals surface area contributed by atoms with Crippen LogP contribution in [-0.4, -0.2) is 37.5 Å². The summed E-state index contributed by atoms with van der Waals surface area (Å²) in [6.07, 6.45) is 0.994. The van der Waals surface area contributed by atoms with Gasteiger partial charge in [-0.2, -0.15) is 11.8 Å². The minimum atomic E-state index is -3.70. The highest BCUT2D eigenvalue weighted by molar-refractivity contribution is 7.99. The molecule has 2 N–H and O–H groups in total. The summed E-state index contributed by atoms with van der Waals surface area (Å²) >= 11 is 7.53. The van der Waals surface area contributed by atoms with Gasteiger partial charge in [0.15, 0.2) is 0 Å². The number of thioether (sulfide) groups is 1. The van der Waals surface area contributed by atoms with Gasteiger partial charge >= 0.3 is 5.97 Å². The third-order valence-electron chi connectivity index (χ3n) is 3.06. The molecule has 0 amide bonds. The Labute approximate surface area is 126 Å². The smallest absolute Gasteiger partial charge is 0.337 e.